The van der Waals surface area contributed by atoms with Crippen LogP contribution in [0.4, 0.5) is 0 Å². The van der Waals surface area contributed by atoms with Gasteiger partial charge in [-0.2, -0.15) is 0 Å². The highest BCUT2D eigenvalue weighted by atomic mass is 16.5. The molecule has 108 valence electrons. The lowest BCUT2D eigenvalue weighted by molar-refractivity contribution is 0.0512. The van der Waals surface area contributed by atoms with Crippen LogP contribution in [0.2, 0.25) is 0 Å². The Hall–Kier alpha value is -0.120. The van der Waals surface area contributed by atoms with Crippen LogP contribution in [0.5, 0.6) is 0 Å². The van der Waals surface area contributed by atoms with Gasteiger partial charge in [0.25, 0.3) is 0 Å². The average molecular weight is 256 g/mol. The summed E-state index contributed by atoms with van der Waals surface area (Å²) >= 11 is 0. The Kier molecular flexibility index (Phi) is 6.61. The monoisotopic (exact) mass is 256 g/mol. The molecule has 0 aromatic heterocycles. The average Bonchev–Trinajstić information content (AvgIpc) is 2.27. The highest BCUT2D eigenvalue weighted by Gasteiger charge is 2.22. The molecule has 0 bridgehead atoms. The normalized spacial score (nSPS) is 18.8. The van der Waals surface area contributed by atoms with Crippen molar-refractivity contribution in [3.63, 3.8) is 0 Å². The summed E-state index contributed by atoms with van der Waals surface area (Å²) in [5.41, 5.74) is 0.337. The predicted octanol–water partition coefficient (Wildman–Crippen LogP) is 2.37. The molecule has 3 heteroatoms. The van der Waals surface area contributed by atoms with Gasteiger partial charge in [0.15, 0.2) is 0 Å². The maximum absolute atomic E-state index is 5.42. The largest absolute Gasteiger partial charge is 0.381 e. The number of hydrogen-bond donors (Lipinski definition) is 1. The van der Waals surface area contributed by atoms with Crippen molar-refractivity contribution >= 4 is 0 Å². The van der Waals surface area contributed by atoms with E-state index in [4.69, 9.17) is 4.74 Å². The van der Waals surface area contributed by atoms with Crippen molar-refractivity contribution in [1.82, 2.24) is 10.2 Å². The topological polar surface area (TPSA) is 24.5 Å². The van der Waals surface area contributed by atoms with Gasteiger partial charge in [-0.15, -0.1) is 0 Å². The van der Waals surface area contributed by atoms with Crippen LogP contribution in [0.1, 0.15) is 40.5 Å². The number of ether oxygens (including phenoxy) is 1. The van der Waals surface area contributed by atoms with Gasteiger partial charge >= 0.3 is 0 Å². The summed E-state index contributed by atoms with van der Waals surface area (Å²) in [5.74, 6) is 0.831. The SMILES string of the molecule is CC(C)NCC(C)(C)CN(C)CC1CCOCC1. The first-order valence-electron chi connectivity index (χ1n) is 7.39. The number of rotatable bonds is 7. The standard InChI is InChI=1S/C15H32N2O/c1-13(2)16-11-15(3,4)12-17(5)10-14-6-8-18-9-7-14/h13-14,16H,6-12H2,1-5H3. The van der Waals surface area contributed by atoms with E-state index in [0.29, 0.717) is 11.5 Å². The Labute approximate surface area is 113 Å². The van der Waals surface area contributed by atoms with Crippen LogP contribution in [-0.2, 0) is 4.74 Å². The Bertz CT molecular complexity index is 223. The Morgan fingerprint density at radius 1 is 1.28 bits per heavy atom. The zero-order valence-corrected chi connectivity index (χ0v) is 13.0. The van der Waals surface area contributed by atoms with Crippen LogP contribution in [0, 0.1) is 11.3 Å². The van der Waals surface area contributed by atoms with E-state index in [1.165, 1.54) is 19.4 Å². The summed E-state index contributed by atoms with van der Waals surface area (Å²) in [6.07, 6.45) is 2.46. The first kappa shape index (κ1) is 15.9. The molecule has 3 nitrogen and oxygen atoms in total. The van der Waals surface area contributed by atoms with Crippen LogP contribution >= 0.6 is 0 Å². The van der Waals surface area contributed by atoms with Crippen molar-refractivity contribution < 1.29 is 4.74 Å². The highest BCUT2D eigenvalue weighted by molar-refractivity contribution is 4.77. The maximum Gasteiger partial charge on any atom is 0.0469 e. The molecule has 1 N–H and O–H groups in total. The molecule has 0 unspecified atom stereocenters. The number of nitrogens with zero attached hydrogens (tertiary/aromatic N) is 1. The van der Waals surface area contributed by atoms with Gasteiger partial charge in [0.05, 0.1) is 0 Å². The first-order valence-corrected chi connectivity index (χ1v) is 7.39. The first-order chi connectivity index (χ1) is 8.39. The van der Waals surface area contributed by atoms with E-state index in [9.17, 15) is 0 Å². The fourth-order valence-corrected chi connectivity index (χ4v) is 2.70. The minimum Gasteiger partial charge on any atom is -0.381 e. The fourth-order valence-electron chi connectivity index (χ4n) is 2.70. The lowest BCUT2D eigenvalue weighted by Gasteiger charge is -2.34. The quantitative estimate of drug-likeness (QED) is 0.757. The fraction of sp³-hybridized carbons (Fsp3) is 1.00. The van der Waals surface area contributed by atoms with E-state index in [-0.39, 0.29) is 0 Å². The lowest BCUT2D eigenvalue weighted by atomic mass is 9.91. The molecule has 1 saturated heterocycles. The molecule has 1 aliphatic rings. The van der Waals surface area contributed by atoms with Crippen LogP contribution < -0.4 is 5.32 Å². The molecular formula is C15H32N2O. The van der Waals surface area contributed by atoms with Crippen molar-refractivity contribution in [2.24, 2.45) is 11.3 Å². The van der Waals surface area contributed by atoms with Crippen LogP contribution in [0.15, 0.2) is 0 Å². The molecule has 18 heavy (non-hydrogen) atoms. The minimum absolute atomic E-state index is 0.337. The predicted molar refractivity (Wildman–Crippen MR) is 78.0 cm³/mol. The third-order valence-electron chi connectivity index (χ3n) is 3.60. The van der Waals surface area contributed by atoms with E-state index < -0.39 is 0 Å². The third-order valence-corrected chi connectivity index (χ3v) is 3.60. The molecule has 1 heterocycles. The van der Waals surface area contributed by atoms with Gasteiger partial charge in [0.2, 0.25) is 0 Å². The summed E-state index contributed by atoms with van der Waals surface area (Å²) in [4.78, 5) is 2.50. The van der Waals surface area contributed by atoms with E-state index >= 15 is 0 Å². The third kappa shape index (κ3) is 6.72. The molecule has 1 aliphatic heterocycles. The van der Waals surface area contributed by atoms with Crippen LogP contribution in [0.25, 0.3) is 0 Å². The highest BCUT2D eigenvalue weighted by Crippen LogP contribution is 2.19. The van der Waals surface area contributed by atoms with Crippen molar-refractivity contribution in [3.05, 3.63) is 0 Å². The van der Waals surface area contributed by atoms with Gasteiger partial charge in [-0.3, -0.25) is 0 Å². The van der Waals surface area contributed by atoms with Crippen molar-refractivity contribution in [3.8, 4) is 0 Å². The van der Waals surface area contributed by atoms with E-state index in [0.717, 1.165) is 32.2 Å². The van der Waals surface area contributed by atoms with Gasteiger partial charge in [-0.25, -0.2) is 0 Å². The smallest absolute Gasteiger partial charge is 0.0469 e. The molecule has 0 radical (unpaired) electrons. The van der Waals surface area contributed by atoms with Crippen molar-refractivity contribution in [1.29, 1.82) is 0 Å². The summed E-state index contributed by atoms with van der Waals surface area (Å²) in [6.45, 7) is 14.5. The second-order valence-electron chi connectivity index (χ2n) is 6.95. The van der Waals surface area contributed by atoms with Gasteiger partial charge in [0.1, 0.15) is 0 Å². The Morgan fingerprint density at radius 2 is 1.89 bits per heavy atom. The number of hydrogen-bond acceptors (Lipinski definition) is 3. The van der Waals surface area contributed by atoms with Crippen LogP contribution in [-0.4, -0.2) is 50.8 Å². The molecule has 1 rings (SSSR count). The second kappa shape index (κ2) is 7.46. The maximum atomic E-state index is 5.42. The van der Waals surface area contributed by atoms with Crippen LogP contribution in [0.3, 0.4) is 0 Å². The molecule has 0 aromatic rings. The summed E-state index contributed by atoms with van der Waals surface area (Å²) < 4.78 is 5.42. The van der Waals surface area contributed by atoms with Gasteiger partial charge in [-0.05, 0) is 31.2 Å². The summed E-state index contributed by atoms with van der Waals surface area (Å²) in [7, 11) is 2.26. The molecule has 1 fully saturated rings. The summed E-state index contributed by atoms with van der Waals surface area (Å²) in [6, 6.07) is 0.574. The van der Waals surface area contributed by atoms with E-state index in [2.05, 4.69) is 45.0 Å². The number of nitrogens with one attached hydrogen (secondary N) is 1. The lowest BCUT2D eigenvalue weighted by Crippen LogP contribution is -2.42. The Morgan fingerprint density at radius 3 is 2.44 bits per heavy atom. The minimum atomic E-state index is 0.337. The van der Waals surface area contributed by atoms with E-state index in [1.54, 1.807) is 0 Å². The molecule has 0 atom stereocenters. The molecule has 0 saturated carbocycles. The van der Waals surface area contributed by atoms with Crippen molar-refractivity contribution in [2.45, 2.75) is 46.6 Å². The Balaban J connectivity index is 2.26. The molecule has 0 amide bonds. The second-order valence-corrected chi connectivity index (χ2v) is 6.95. The molecule has 0 aromatic carbocycles. The molecule has 0 aliphatic carbocycles. The van der Waals surface area contributed by atoms with E-state index in [1.807, 2.05) is 0 Å². The van der Waals surface area contributed by atoms with Gasteiger partial charge < -0.3 is 15.0 Å². The molecule has 0 spiro atoms. The zero-order chi connectivity index (χ0) is 13.6. The van der Waals surface area contributed by atoms with Gasteiger partial charge in [-0.1, -0.05) is 27.7 Å². The molecular weight excluding hydrogens is 224 g/mol. The van der Waals surface area contributed by atoms with Gasteiger partial charge in [0, 0.05) is 38.9 Å². The van der Waals surface area contributed by atoms with Crippen molar-refractivity contribution in [2.75, 3.05) is 39.9 Å². The summed E-state index contributed by atoms with van der Waals surface area (Å²) in [5, 5.41) is 3.55. The zero-order valence-electron chi connectivity index (χ0n) is 13.0.